The average Bonchev–Trinajstić information content (AvgIpc) is 3.18. The van der Waals surface area contributed by atoms with Crippen molar-refractivity contribution >= 4 is 11.9 Å². The number of carbonyl (C=O) groups excluding carboxylic acids is 1. The fourth-order valence-electron chi connectivity index (χ4n) is 2.87. The number of aromatic amines is 1. The summed E-state index contributed by atoms with van der Waals surface area (Å²) >= 11 is 0. The first-order valence-electron chi connectivity index (χ1n) is 9.25. The Morgan fingerprint density at radius 3 is 2.81 bits per heavy atom. The Morgan fingerprint density at radius 1 is 1.22 bits per heavy atom. The summed E-state index contributed by atoms with van der Waals surface area (Å²) in [7, 11) is 0. The lowest BCUT2D eigenvalue weighted by atomic mass is 10.1. The largest absolute Gasteiger partial charge is 0.357 e. The Labute approximate surface area is 159 Å². The Balaban J connectivity index is 1.58. The quantitative estimate of drug-likeness (QED) is 0.534. The molecular weight excluding hydrogens is 338 g/mol. The van der Waals surface area contributed by atoms with Crippen LogP contribution in [0.2, 0.25) is 0 Å². The van der Waals surface area contributed by atoms with Crippen LogP contribution in [-0.2, 0) is 6.42 Å². The number of carbonyl (C=O) groups is 1. The molecule has 0 radical (unpaired) electrons. The number of nitrogens with one attached hydrogen (secondary N) is 3. The fraction of sp³-hybridized carbons (Fsp3) is 0.286. The number of H-pyrrole nitrogens is 1. The van der Waals surface area contributed by atoms with Crippen LogP contribution in [0.5, 0.6) is 0 Å². The maximum Gasteiger partial charge on any atom is 0.267 e. The van der Waals surface area contributed by atoms with E-state index in [0.717, 1.165) is 36.2 Å². The van der Waals surface area contributed by atoms with Crippen LogP contribution in [-0.4, -0.2) is 33.9 Å². The van der Waals surface area contributed by atoms with Gasteiger partial charge in [0.05, 0.1) is 5.69 Å². The predicted molar refractivity (Wildman–Crippen MR) is 108 cm³/mol. The van der Waals surface area contributed by atoms with Crippen molar-refractivity contribution in [1.29, 1.82) is 0 Å². The number of amides is 1. The maximum absolute atomic E-state index is 12.4. The summed E-state index contributed by atoms with van der Waals surface area (Å²) in [4.78, 5) is 24.2. The van der Waals surface area contributed by atoms with E-state index in [1.54, 1.807) is 6.20 Å². The molecule has 0 unspecified atom stereocenters. The second-order valence-corrected chi connectivity index (χ2v) is 6.40. The molecule has 1 aromatic carbocycles. The van der Waals surface area contributed by atoms with Crippen LogP contribution >= 0.6 is 0 Å². The van der Waals surface area contributed by atoms with Crippen LogP contribution in [0.15, 0.2) is 48.8 Å². The zero-order chi connectivity index (χ0) is 19.1. The lowest BCUT2D eigenvalue weighted by Gasteiger charge is -2.06. The first kappa shape index (κ1) is 18.6. The molecule has 3 N–H and O–H groups in total. The molecule has 2 heterocycles. The van der Waals surface area contributed by atoms with Gasteiger partial charge in [-0.2, -0.15) is 0 Å². The van der Waals surface area contributed by atoms with Crippen molar-refractivity contribution < 1.29 is 4.79 Å². The number of hydrogen-bond donors (Lipinski definition) is 3. The van der Waals surface area contributed by atoms with Crippen molar-refractivity contribution in [3.63, 3.8) is 0 Å². The topological polar surface area (TPSA) is 82.7 Å². The van der Waals surface area contributed by atoms with Gasteiger partial charge in [0.25, 0.3) is 5.91 Å². The van der Waals surface area contributed by atoms with Crippen molar-refractivity contribution in [2.45, 2.75) is 26.7 Å². The molecule has 27 heavy (non-hydrogen) atoms. The highest BCUT2D eigenvalue weighted by molar-refractivity contribution is 5.93. The Bertz CT molecular complexity index is 889. The van der Waals surface area contributed by atoms with E-state index in [4.69, 9.17) is 0 Å². The van der Waals surface area contributed by atoms with Gasteiger partial charge in [-0.05, 0) is 43.9 Å². The summed E-state index contributed by atoms with van der Waals surface area (Å²) in [6.45, 7) is 5.35. The Hall–Kier alpha value is -3.15. The van der Waals surface area contributed by atoms with E-state index >= 15 is 0 Å². The van der Waals surface area contributed by atoms with Gasteiger partial charge in [0.2, 0.25) is 5.95 Å². The van der Waals surface area contributed by atoms with Crippen LogP contribution < -0.4 is 10.6 Å². The molecule has 0 aliphatic heterocycles. The minimum absolute atomic E-state index is 0.104. The molecule has 3 rings (SSSR count). The van der Waals surface area contributed by atoms with E-state index in [1.165, 1.54) is 5.56 Å². The number of aromatic nitrogens is 3. The monoisotopic (exact) mass is 363 g/mol. The zero-order valence-electron chi connectivity index (χ0n) is 15.7. The summed E-state index contributed by atoms with van der Waals surface area (Å²) in [5.74, 6) is 0.485. The van der Waals surface area contributed by atoms with Gasteiger partial charge >= 0.3 is 0 Å². The molecule has 140 valence electrons. The van der Waals surface area contributed by atoms with Crippen molar-refractivity contribution in [2.24, 2.45) is 0 Å². The Kier molecular flexibility index (Phi) is 6.20. The minimum atomic E-state index is -0.104. The molecule has 0 atom stereocenters. The Morgan fingerprint density at radius 2 is 2.04 bits per heavy atom. The molecule has 0 bridgehead atoms. The van der Waals surface area contributed by atoms with E-state index in [0.29, 0.717) is 18.2 Å². The second-order valence-electron chi connectivity index (χ2n) is 6.40. The van der Waals surface area contributed by atoms with Gasteiger partial charge in [-0.1, -0.05) is 30.3 Å². The molecule has 0 aliphatic rings. The molecule has 3 aromatic rings. The van der Waals surface area contributed by atoms with Crippen molar-refractivity contribution in [3.05, 3.63) is 65.6 Å². The highest BCUT2D eigenvalue weighted by Crippen LogP contribution is 2.22. The molecule has 2 aromatic heterocycles. The van der Waals surface area contributed by atoms with Crippen LogP contribution in [0.4, 0.5) is 5.95 Å². The van der Waals surface area contributed by atoms with Crippen LogP contribution in [0.3, 0.4) is 0 Å². The van der Waals surface area contributed by atoms with Gasteiger partial charge in [0.1, 0.15) is 5.69 Å². The first-order valence-corrected chi connectivity index (χ1v) is 9.25. The number of rotatable bonds is 8. The number of benzene rings is 1. The summed E-state index contributed by atoms with van der Waals surface area (Å²) in [5, 5.41) is 6.08. The smallest absolute Gasteiger partial charge is 0.267 e. The molecule has 0 spiro atoms. The lowest BCUT2D eigenvalue weighted by Crippen LogP contribution is -2.25. The van der Waals surface area contributed by atoms with Gasteiger partial charge in [-0.15, -0.1) is 0 Å². The average molecular weight is 363 g/mol. The minimum Gasteiger partial charge on any atom is -0.357 e. The third-order valence-corrected chi connectivity index (χ3v) is 4.28. The normalized spacial score (nSPS) is 10.6. The summed E-state index contributed by atoms with van der Waals surface area (Å²) in [5.41, 5.74) is 4.48. The molecular formula is C21H25N5O. The highest BCUT2D eigenvalue weighted by Gasteiger charge is 2.12. The number of nitrogens with zero attached hydrogens (tertiary/aromatic N) is 2. The standard InChI is InChI=1S/C21H25N5O/c1-3-22-21-25-13-15(2)19(26-21)17-12-18(24-14-17)20(27)23-11-7-10-16-8-5-4-6-9-16/h4-6,8-9,12-14,24H,3,7,10-11H2,1-2H3,(H,23,27)(H,22,25,26). The molecule has 0 aliphatic carbocycles. The van der Waals surface area contributed by atoms with Gasteiger partial charge < -0.3 is 15.6 Å². The van der Waals surface area contributed by atoms with E-state index in [1.807, 2.05) is 44.3 Å². The molecule has 6 nitrogen and oxygen atoms in total. The van der Waals surface area contributed by atoms with Crippen molar-refractivity contribution in [1.82, 2.24) is 20.3 Å². The second kappa shape index (κ2) is 8.98. The summed E-state index contributed by atoms with van der Waals surface area (Å²) < 4.78 is 0. The van der Waals surface area contributed by atoms with Crippen molar-refractivity contribution in [2.75, 3.05) is 18.4 Å². The van der Waals surface area contributed by atoms with Crippen LogP contribution in [0, 0.1) is 6.92 Å². The zero-order valence-corrected chi connectivity index (χ0v) is 15.7. The first-order chi connectivity index (χ1) is 13.2. The van der Waals surface area contributed by atoms with E-state index < -0.39 is 0 Å². The molecule has 0 saturated heterocycles. The molecule has 1 amide bonds. The lowest BCUT2D eigenvalue weighted by molar-refractivity contribution is 0.0949. The van der Waals surface area contributed by atoms with Gasteiger partial charge in [-0.3, -0.25) is 4.79 Å². The predicted octanol–water partition coefficient (Wildman–Crippen LogP) is 3.57. The molecule has 6 heteroatoms. The third kappa shape index (κ3) is 4.94. The van der Waals surface area contributed by atoms with Crippen molar-refractivity contribution in [3.8, 4) is 11.3 Å². The molecule has 0 saturated carbocycles. The fourth-order valence-corrected chi connectivity index (χ4v) is 2.87. The van der Waals surface area contributed by atoms with Gasteiger partial charge in [-0.25, -0.2) is 9.97 Å². The van der Waals surface area contributed by atoms with E-state index in [9.17, 15) is 4.79 Å². The van der Waals surface area contributed by atoms with Crippen LogP contribution in [0.1, 0.15) is 35.0 Å². The number of anilines is 1. The summed E-state index contributed by atoms with van der Waals surface area (Å²) in [6.07, 6.45) is 5.45. The maximum atomic E-state index is 12.4. The number of hydrogen-bond acceptors (Lipinski definition) is 4. The molecule has 0 fully saturated rings. The number of aryl methyl sites for hydroxylation is 2. The third-order valence-electron chi connectivity index (χ3n) is 4.28. The SMILES string of the molecule is CCNc1ncc(C)c(-c2c[nH]c(C(=O)NCCCc3ccccc3)c2)n1. The summed E-state index contributed by atoms with van der Waals surface area (Å²) in [6, 6.07) is 12.1. The highest BCUT2D eigenvalue weighted by atomic mass is 16.1. The van der Waals surface area contributed by atoms with Gasteiger partial charge in [0, 0.05) is 31.0 Å². The van der Waals surface area contributed by atoms with Gasteiger partial charge in [0.15, 0.2) is 0 Å². The van der Waals surface area contributed by atoms with E-state index in [2.05, 4.69) is 37.7 Å². The van der Waals surface area contributed by atoms with Crippen LogP contribution in [0.25, 0.3) is 11.3 Å². The van der Waals surface area contributed by atoms with E-state index in [-0.39, 0.29) is 5.91 Å².